The van der Waals surface area contributed by atoms with E-state index in [0.29, 0.717) is 32.8 Å². The summed E-state index contributed by atoms with van der Waals surface area (Å²) >= 11 is 7.08. The van der Waals surface area contributed by atoms with Gasteiger partial charge in [-0.05, 0) is 44.2 Å². The molecule has 0 unspecified atom stereocenters. The topological polar surface area (TPSA) is 73.2 Å². The molecule has 0 aliphatic rings. The third-order valence-corrected chi connectivity index (χ3v) is 4.88. The summed E-state index contributed by atoms with van der Waals surface area (Å²) in [7, 11) is 0. The van der Waals surface area contributed by atoms with Crippen molar-refractivity contribution in [3.8, 4) is 5.69 Å². The molecule has 0 spiro atoms. The molecule has 0 atom stereocenters. The number of hydrogen-bond acceptors (Lipinski definition) is 5. The number of anilines is 1. The van der Waals surface area contributed by atoms with Gasteiger partial charge >= 0.3 is 5.97 Å². The van der Waals surface area contributed by atoms with E-state index in [1.165, 1.54) is 17.5 Å². The molecule has 3 aromatic rings. The summed E-state index contributed by atoms with van der Waals surface area (Å²) in [5.74, 6) is -0.640. The number of thiophene rings is 1. The summed E-state index contributed by atoms with van der Waals surface area (Å²) in [6.45, 7) is 3.85. The fourth-order valence-electron chi connectivity index (χ4n) is 2.42. The predicted molar refractivity (Wildman–Crippen MR) is 102 cm³/mol. The van der Waals surface area contributed by atoms with Crippen LogP contribution in [0.1, 0.15) is 32.6 Å². The molecule has 0 bridgehead atoms. The number of nitrogens with one attached hydrogen (secondary N) is 1. The number of amides is 1. The fraction of sp³-hybridized carbons (Fsp3) is 0.167. The second kappa shape index (κ2) is 7.72. The van der Waals surface area contributed by atoms with Gasteiger partial charge in [-0.2, -0.15) is 5.10 Å². The highest BCUT2D eigenvalue weighted by molar-refractivity contribution is 7.18. The Kier molecular flexibility index (Phi) is 5.39. The van der Waals surface area contributed by atoms with Gasteiger partial charge < -0.3 is 10.1 Å². The van der Waals surface area contributed by atoms with Crippen molar-refractivity contribution in [2.45, 2.75) is 13.8 Å². The number of halogens is 1. The van der Waals surface area contributed by atoms with Crippen molar-refractivity contribution in [3.05, 3.63) is 63.1 Å². The summed E-state index contributed by atoms with van der Waals surface area (Å²) in [5, 5.41) is 7.09. The van der Waals surface area contributed by atoms with Crippen molar-refractivity contribution in [3.63, 3.8) is 0 Å². The van der Waals surface area contributed by atoms with Crippen LogP contribution >= 0.6 is 22.9 Å². The fourth-order valence-corrected chi connectivity index (χ4v) is 3.36. The maximum atomic E-state index is 12.3. The first kappa shape index (κ1) is 18.2. The molecule has 8 heteroatoms. The number of carbonyl (C=O) groups is 2. The Bertz CT molecular complexity index is 964. The molecule has 0 aliphatic heterocycles. The second-order valence-electron chi connectivity index (χ2n) is 5.38. The van der Waals surface area contributed by atoms with Gasteiger partial charge in [-0.3, -0.25) is 4.79 Å². The normalized spacial score (nSPS) is 10.6. The lowest BCUT2D eigenvalue weighted by Gasteiger charge is -2.09. The number of nitrogens with zero attached hydrogens (tertiary/aromatic N) is 2. The van der Waals surface area contributed by atoms with Crippen molar-refractivity contribution in [1.82, 2.24) is 9.78 Å². The highest BCUT2D eigenvalue weighted by atomic mass is 35.5. The second-order valence-corrected chi connectivity index (χ2v) is 7.10. The van der Waals surface area contributed by atoms with Gasteiger partial charge in [-0.15, -0.1) is 11.3 Å². The van der Waals surface area contributed by atoms with Crippen LogP contribution in [0.2, 0.25) is 4.34 Å². The molecule has 6 nitrogen and oxygen atoms in total. The van der Waals surface area contributed by atoms with E-state index in [4.69, 9.17) is 16.3 Å². The number of esters is 1. The van der Waals surface area contributed by atoms with Gasteiger partial charge in [0.05, 0.1) is 33.4 Å². The van der Waals surface area contributed by atoms with E-state index in [-0.39, 0.29) is 5.91 Å². The van der Waals surface area contributed by atoms with Crippen molar-refractivity contribution < 1.29 is 14.3 Å². The molecule has 0 fully saturated rings. The summed E-state index contributed by atoms with van der Waals surface area (Å²) in [5.41, 5.74) is 2.41. The van der Waals surface area contributed by atoms with Gasteiger partial charge in [-0.25, -0.2) is 9.48 Å². The highest BCUT2D eigenvalue weighted by Gasteiger charge is 2.16. The molecule has 2 aromatic heterocycles. The molecule has 2 heterocycles. The van der Waals surface area contributed by atoms with Gasteiger partial charge in [0, 0.05) is 5.69 Å². The number of rotatable bonds is 5. The number of carbonyl (C=O) groups excluding carboxylic acids is 2. The molecular weight excluding hydrogens is 374 g/mol. The van der Waals surface area contributed by atoms with E-state index >= 15 is 0 Å². The Morgan fingerprint density at radius 3 is 2.81 bits per heavy atom. The molecule has 0 radical (unpaired) electrons. The predicted octanol–water partition coefficient (Wildman–Crippen LogP) is 4.32. The van der Waals surface area contributed by atoms with Crippen molar-refractivity contribution in [2.24, 2.45) is 0 Å². The minimum absolute atomic E-state index is 0.233. The molecule has 0 saturated heterocycles. The summed E-state index contributed by atoms with van der Waals surface area (Å²) in [6, 6.07) is 10.6. The molecule has 3 rings (SSSR count). The first-order valence-corrected chi connectivity index (χ1v) is 9.08. The van der Waals surface area contributed by atoms with E-state index in [2.05, 4.69) is 10.4 Å². The largest absolute Gasteiger partial charge is 0.462 e. The van der Waals surface area contributed by atoms with Gasteiger partial charge in [0.1, 0.15) is 5.56 Å². The summed E-state index contributed by atoms with van der Waals surface area (Å²) in [4.78, 5) is 24.7. The maximum absolute atomic E-state index is 12.3. The van der Waals surface area contributed by atoms with Gasteiger partial charge in [-0.1, -0.05) is 17.7 Å². The lowest BCUT2D eigenvalue weighted by molar-refractivity contribution is 0.0525. The zero-order chi connectivity index (χ0) is 18.7. The molecule has 134 valence electrons. The Balaban J connectivity index is 1.84. The Morgan fingerprint density at radius 1 is 1.31 bits per heavy atom. The Labute approximate surface area is 159 Å². The van der Waals surface area contributed by atoms with Crippen molar-refractivity contribution >= 4 is 40.5 Å². The van der Waals surface area contributed by atoms with Crippen LogP contribution in [0.15, 0.2) is 42.6 Å². The smallest absolute Gasteiger partial charge is 0.341 e. The van der Waals surface area contributed by atoms with Crippen LogP contribution in [0.25, 0.3) is 5.69 Å². The van der Waals surface area contributed by atoms with E-state index in [0.717, 1.165) is 5.69 Å². The molecule has 1 amide bonds. The van der Waals surface area contributed by atoms with Crippen LogP contribution in [-0.4, -0.2) is 28.3 Å². The molecule has 0 aliphatic carbocycles. The van der Waals surface area contributed by atoms with Crippen LogP contribution < -0.4 is 5.32 Å². The molecular formula is C18H16ClN3O3S. The zero-order valence-electron chi connectivity index (χ0n) is 14.2. The van der Waals surface area contributed by atoms with E-state index in [1.54, 1.807) is 48.9 Å². The van der Waals surface area contributed by atoms with Crippen LogP contribution in [0.4, 0.5) is 5.69 Å². The Hall–Kier alpha value is -2.64. The average Bonchev–Trinajstić information content (AvgIpc) is 3.21. The number of aromatic nitrogens is 2. The van der Waals surface area contributed by atoms with Crippen LogP contribution in [-0.2, 0) is 4.74 Å². The quantitative estimate of drug-likeness (QED) is 0.659. The highest BCUT2D eigenvalue weighted by Crippen LogP contribution is 2.23. The van der Waals surface area contributed by atoms with Crippen LogP contribution in [0, 0.1) is 6.92 Å². The first-order chi connectivity index (χ1) is 12.5. The standard InChI is InChI=1S/C18H16ClN3O3S/c1-3-25-18(24)14-10-20-22(11(14)2)13-6-4-5-12(9-13)21-17(23)15-7-8-16(19)26-15/h4-10H,3H2,1-2H3,(H,21,23). The minimum atomic E-state index is -0.407. The molecule has 26 heavy (non-hydrogen) atoms. The summed E-state index contributed by atoms with van der Waals surface area (Å²) in [6.07, 6.45) is 1.48. The third-order valence-electron chi connectivity index (χ3n) is 3.65. The van der Waals surface area contributed by atoms with Crippen LogP contribution in [0.3, 0.4) is 0 Å². The van der Waals surface area contributed by atoms with E-state index in [1.807, 2.05) is 6.07 Å². The van der Waals surface area contributed by atoms with Crippen molar-refractivity contribution in [2.75, 3.05) is 11.9 Å². The molecule has 1 N–H and O–H groups in total. The molecule has 1 aromatic carbocycles. The monoisotopic (exact) mass is 389 g/mol. The van der Waals surface area contributed by atoms with E-state index in [9.17, 15) is 9.59 Å². The lowest BCUT2D eigenvalue weighted by Crippen LogP contribution is -2.11. The van der Waals surface area contributed by atoms with Gasteiger partial charge in [0.2, 0.25) is 0 Å². The van der Waals surface area contributed by atoms with E-state index < -0.39 is 5.97 Å². The number of ether oxygens (including phenoxy) is 1. The average molecular weight is 390 g/mol. The first-order valence-electron chi connectivity index (χ1n) is 7.88. The lowest BCUT2D eigenvalue weighted by atomic mass is 10.2. The minimum Gasteiger partial charge on any atom is -0.462 e. The SMILES string of the molecule is CCOC(=O)c1cnn(-c2cccc(NC(=O)c3ccc(Cl)s3)c2)c1C. The molecule has 0 saturated carbocycles. The zero-order valence-corrected chi connectivity index (χ0v) is 15.7. The summed E-state index contributed by atoms with van der Waals surface area (Å²) < 4.78 is 7.21. The third kappa shape index (κ3) is 3.79. The van der Waals surface area contributed by atoms with Gasteiger partial charge in [0.25, 0.3) is 5.91 Å². The number of benzene rings is 1. The maximum Gasteiger partial charge on any atom is 0.341 e. The van der Waals surface area contributed by atoms with Crippen molar-refractivity contribution in [1.29, 1.82) is 0 Å². The number of hydrogen-bond donors (Lipinski definition) is 1. The van der Waals surface area contributed by atoms with Gasteiger partial charge in [0.15, 0.2) is 0 Å². The van der Waals surface area contributed by atoms with Crippen LogP contribution in [0.5, 0.6) is 0 Å². The Morgan fingerprint density at radius 2 is 2.12 bits per heavy atom.